The molecule has 0 saturated carbocycles. The molecule has 0 radical (unpaired) electrons. The molecule has 3 heterocycles. The number of tetrazole rings is 1. The summed E-state index contributed by atoms with van der Waals surface area (Å²) in [5.74, 6) is 2.72. The predicted octanol–water partition coefficient (Wildman–Crippen LogP) is 9.27. The first kappa shape index (κ1) is 32.1. The van der Waals surface area contributed by atoms with Crippen LogP contribution < -0.4 is 14.2 Å². The van der Waals surface area contributed by atoms with E-state index >= 15 is 0 Å². The second-order valence-electron chi connectivity index (χ2n) is 12.9. The molecular formula is C45H35N5O3. The molecule has 9 rings (SSSR count). The number of hydrogen-bond acceptors (Lipinski definition) is 7. The minimum atomic E-state index is -0.857. The van der Waals surface area contributed by atoms with Crippen LogP contribution in [-0.4, -0.2) is 32.0 Å². The van der Waals surface area contributed by atoms with Gasteiger partial charge in [0.05, 0.1) is 5.52 Å². The number of fused-ring (bicyclic) bond motifs is 2. The maximum atomic E-state index is 6.42. The average molecular weight is 694 g/mol. The van der Waals surface area contributed by atoms with Crippen molar-refractivity contribution >= 4 is 10.9 Å². The van der Waals surface area contributed by atoms with Gasteiger partial charge in [-0.2, -0.15) is 0 Å². The van der Waals surface area contributed by atoms with E-state index in [1.807, 2.05) is 54.6 Å². The summed E-state index contributed by atoms with van der Waals surface area (Å²) in [4.78, 5) is 6.56. The Morgan fingerprint density at radius 3 is 1.87 bits per heavy atom. The van der Waals surface area contributed by atoms with Gasteiger partial charge in [-0.1, -0.05) is 146 Å². The molecular weight excluding hydrogens is 659 g/mol. The standard InChI is InChI=1S/C45H35N5O3/c1-2-36-26-41(39-27-42-43(53-30-52-42)28-40(39)46-36)51-29-31-22-24-32(25-23-31)37-20-12-13-21-38(37)44-47-49-50(48-44)45(33-14-6-3-7-15-33,34-16-8-4-9-17-34)35-18-10-5-11-19-35/h3-28H,2,29-30H2,1H3. The van der Waals surface area contributed by atoms with Crippen LogP contribution in [0, 0.1) is 0 Å². The summed E-state index contributed by atoms with van der Waals surface area (Å²) in [5.41, 5.74) is 8.00. The molecule has 0 saturated heterocycles. The number of nitrogens with zero attached hydrogens (tertiary/aromatic N) is 5. The largest absolute Gasteiger partial charge is 0.488 e. The van der Waals surface area contributed by atoms with E-state index in [0.717, 1.165) is 67.7 Å². The molecule has 8 heteroatoms. The zero-order valence-corrected chi connectivity index (χ0v) is 29.1. The lowest BCUT2D eigenvalue weighted by Gasteiger charge is -2.34. The molecule has 0 bridgehead atoms. The van der Waals surface area contributed by atoms with Gasteiger partial charge in [0, 0.05) is 28.8 Å². The van der Waals surface area contributed by atoms with Crippen molar-refractivity contribution in [1.82, 2.24) is 25.2 Å². The lowest BCUT2D eigenvalue weighted by atomic mass is 9.77. The third kappa shape index (κ3) is 5.84. The van der Waals surface area contributed by atoms with E-state index in [0.29, 0.717) is 23.9 Å². The fourth-order valence-corrected chi connectivity index (χ4v) is 7.16. The van der Waals surface area contributed by atoms with Crippen LogP contribution in [0.25, 0.3) is 33.4 Å². The summed E-state index contributed by atoms with van der Waals surface area (Å²) >= 11 is 0. The third-order valence-corrected chi connectivity index (χ3v) is 9.80. The first-order valence-electron chi connectivity index (χ1n) is 17.7. The summed E-state index contributed by atoms with van der Waals surface area (Å²) in [7, 11) is 0. The zero-order chi connectivity index (χ0) is 35.6. The van der Waals surface area contributed by atoms with E-state index < -0.39 is 5.54 Å². The smallest absolute Gasteiger partial charge is 0.231 e. The second-order valence-corrected chi connectivity index (χ2v) is 12.9. The molecule has 2 aromatic heterocycles. The van der Waals surface area contributed by atoms with Gasteiger partial charge in [-0.25, -0.2) is 0 Å². The summed E-state index contributed by atoms with van der Waals surface area (Å²) in [6.45, 7) is 2.70. The highest BCUT2D eigenvalue weighted by Crippen LogP contribution is 2.41. The molecule has 53 heavy (non-hydrogen) atoms. The fraction of sp³-hybridized carbons (Fsp3) is 0.111. The molecule has 6 aromatic carbocycles. The topological polar surface area (TPSA) is 84.2 Å². The molecule has 0 aliphatic carbocycles. The van der Waals surface area contributed by atoms with Gasteiger partial charge in [-0.15, -0.1) is 15.0 Å². The Balaban J connectivity index is 1.05. The quantitative estimate of drug-likeness (QED) is 0.132. The minimum absolute atomic E-state index is 0.211. The highest BCUT2D eigenvalue weighted by Gasteiger charge is 2.41. The Bertz CT molecular complexity index is 2420. The number of aromatic nitrogens is 5. The van der Waals surface area contributed by atoms with Gasteiger partial charge in [0.25, 0.3) is 0 Å². The lowest BCUT2D eigenvalue weighted by Crippen LogP contribution is -2.39. The molecule has 0 fully saturated rings. The van der Waals surface area contributed by atoms with Crippen molar-refractivity contribution in [2.45, 2.75) is 25.5 Å². The van der Waals surface area contributed by atoms with Crippen molar-refractivity contribution in [2.75, 3.05) is 6.79 Å². The molecule has 0 unspecified atom stereocenters. The van der Waals surface area contributed by atoms with Crippen molar-refractivity contribution in [1.29, 1.82) is 0 Å². The van der Waals surface area contributed by atoms with Gasteiger partial charge < -0.3 is 14.2 Å². The van der Waals surface area contributed by atoms with Crippen LogP contribution in [0.15, 0.2) is 158 Å². The molecule has 1 aliphatic rings. The maximum Gasteiger partial charge on any atom is 0.231 e. The molecule has 1 aliphatic heterocycles. The SMILES string of the molecule is CCc1cc(OCc2ccc(-c3ccccc3-c3nnn(C(c4ccccc4)(c4ccccc4)c4ccccc4)n3)cc2)c2cc3c(cc2n1)OCO3. The Morgan fingerprint density at radius 1 is 0.660 bits per heavy atom. The zero-order valence-electron chi connectivity index (χ0n) is 29.1. The van der Waals surface area contributed by atoms with Crippen molar-refractivity contribution < 1.29 is 14.2 Å². The number of benzene rings is 6. The predicted molar refractivity (Wildman–Crippen MR) is 205 cm³/mol. The first-order chi connectivity index (χ1) is 26.2. The summed E-state index contributed by atoms with van der Waals surface area (Å²) < 4.78 is 17.6. The molecule has 258 valence electrons. The van der Waals surface area contributed by atoms with Crippen molar-refractivity contribution in [2.24, 2.45) is 0 Å². The van der Waals surface area contributed by atoms with Gasteiger partial charge in [0.1, 0.15) is 12.4 Å². The van der Waals surface area contributed by atoms with Crippen LogP contribution in [0.4, 0.5) is 0 Å². The van der Waals surface area contributed by atoms with Crippen LogP contribution in [0.5, 0.6) is 17.2 Å². The maximum absolute atomic E-state index is 6.42. The lowest BCUT2D eigenvalue weighted by molar-refractivity contribution is 0.174. The van der Waals surface area contributed by atoms with Crippen LogP contribution in [0.2, 0.25) is 0 Å². The molecule has 0 spiro atoms. The van der Waals surface area contributed by atoms with Crippen molar-refractivity contribution in [3.63, 3.8) is 0 Å². The number of aryl methyl sites for hydroxylation is 1. The van der Waals surface area contributed by atoms with Crippen LogP contribution in [-0.2, 0) is 18.6 Å². The summed E-state index contributed by atoms with van der Waals surface area (Å²) in [6, 6.07) is 53.6. The number of hydrogen-bond donors (Lipinski definition) is 0. The van der Waals surface area contributed by atoms with E-state index in [4.69, 9.17) is 34.6 Å². The fourth-order valence-electron chi connectivity index (χ4n) is 7.16. The van der Waals surface area contributed by atoms with Gasteiger partial charge in [0.2, 0.25) is 12.6 Å². The molecule has 0 atom stereocenters. The van der Waals surface area contributed by atoms with Gasteiger partial charge in [-0.3, -0.25) is 4.98 Å². The van der Waals surface area contributed by atoms with Gasteiger partial charge in [0.15, 0.2) is 17.0 Å². The van der Waals surface area contributed by atoms with Gasteiger partial charge >= 0.3 is 0 Å². The average Bonchev–Trinajstić information content (AvgIpc) is 3.91. The van der Waals surface area contributed by atoms with E-state index in [1.54, 1.807) is 4.80 Å². The highest BCUT2D eigenvalue weighted by molar-refractivity contribution is 5.89. The summed E-state index contributed by atoms with van der Waals surface area (Å²) in [6.07, 6.45) is 0.795. The highest BCUT2D eigenvalue weighted by atomic mass is 16.7. The van der Waals surface area contributed by atoms with E-state index in [1.165, 1.54) is 0 Å². The van der Waals surface area contributed by atoms with Crippen molar-refractivity contribution in [3.8, 4) is 39.8 Å². The molecule has 0 N–H and O–H groups in total. The van der Waals surface area contributed by atoms with Gasteiger partial charge in [-0.05, 0) is 51.1 Å². The minimum Gasteiger partial charge on any atom is -0.488 e. The molecule has 8 aromatic rings. The van der Waals surface area contributed by atoms with E-state index in [-0.39, 0.29) is 6.79 Å². The number of rotatable bonds is 10. The monoisotopic (exact) mass is 693 g/mol. The van der Waals surface area contributed by atoms with Crippen LogP contribution in [0.3, 0.4) is 0 Å². The molecule has 8 nitrogen and oxygen atoms in total. The first-order valence-corrected chi connectivity index (χ1v) is 17.7. The Labute approximate surface area is 307 Å². The third-order valence-electron chi connectivity index (χ3n) is 9.80. The van der Waals surface area contributed by atoms with E-state index in [9.17, 15) is 0 Å². The van der Waals surface area contributed by atoms with Crippen LogP contribution >= 0.6 is 0 Å². The Kier molecular flexibility index (Phi) is 8.32. The number of pyridine rings is 1. The molecule has 0 amide bonds. The van der Waals surface area contributed by atoms with Crippen molar-refractivity contribution in [3.05, 3.63) is 186 Å². The van der Waals surface area contributed by atoms with Crippen LogP contribution in [0.1, 0.15) is 34.9 Å². The second kappa shape index (κ2) is 13.7. The number of ether oxygens (including phenoxy) is 3. The van der Waals surface area contributed by atoms with E-state index in [2.05, 4.69) is 110 Å². The summed E-state index contributed by atoms with van der Waals surface area (Å²) in [5, 5.41) is 15.5. The Morgan fingerprint density at radius 2 is 1.25 bits per heavy atom. The normalized spacial score (nSPS) is 12.2. The Hall–Kier alpha value is -6.80.